The highest BCUT2D eigenvalue weighted by Gasteiger charge is 2.06. The Morgan fingerprint density at radius 3 is 1.18 bits per heavy atom. The number of benzene rings is 2. The van der Waals surface area contributed by atoms with Gasteiger partial charge in [-0.15, -0.1) is 0 Å². The molecule has 3 rings (SSSR count). The van der Waals surface area contributed by atoms with Gasteiger partial charge in [-0.05, 0) is 75.9 Å². The number of aryl methyl sites for hydroxylation is 6. The first-order chi connectivity index (χ1) is 13.3. The van der Waals surface area contributed by atoms with E-state index in [1.54, 1.807) is 0 Å². The molecule has 1 heterocycles. The predicted octanol–water partition coefficient (Wildman–Crippen LogP) is 5.55. The molecule has 0 fully saturated rings. The van der Waals surface area contributed by atoms with Gasteiger partial charge in [-0.1, -0.05) is 35.4 Å². The van der Waals surface area contributed by atoms with Crippen molar-refractivity contribution in [2.24, 2.45) is 0 Å². The Morgan fingerprint density at radius 1 is 0.571 bits per heavy atom. The average molecular weight is 375 g/mol. The van der Waals surface area contributed by atoms with Gasteiger partial charge in [-0.2, -0.15) is 10.2 Å². The molecule has 146 valence electrons. The van der Waals surface area contributed by atoms with Crippen molar-refractivity contribution >= 4 is 11.4 Å². The molecule has 0 unspecified atom stereocenters. The summed E-state index contributed by atoms with van der Waals surface area (Å²) in [5, 5.41) is 15.8. The van der Waals surface area contributed by atoms with Gasteiger partial charge in [0.05, 0.1) is 24.5 Å². The van der Waals surface area contributed by atoms with E-state index >= 15 is 0 Å². The summed E-state index contributed by atoms with van der Waals surface area (Å²) in [6.45, 7) is 14.1. The van der Waals surface area contributed by atoms with Crippen LogP contribution >= 0.6 is 0 Å². The predicted molar refractivity (Wildman–Crippen MR) is 118 cm³/mol. The van der Waals surface area contributed by atoms with E-state index in [0.29, 0.717) is 13.1 Å². The van der Waals surface area contributed by atoms with Crippen molar-refractivity contribution in [3.8, 4) is 0 Å². The number of anilines is 2. The Labute approximate surface area is 168 Å². The minimum absolute atomic E-state index is 0.668. The van der Waals surface area contributed by atoms with E-state index in [9.17, 15) is 0 Å². The summed E-state index contributed by atoms with van der Waals surface area (Å²) in [6.07, 6.45) is 0. The number of nitrogens with one attached hydrogen (secondary N) is 2. The molecule has 0 radical (unpaired) electrons. The maximum Gasteiger partial charge on any atom is 0.0822 e. The van der Waals surface area contributed by atoms with Crippen molar-refractivity contribution in [3.63, 3.8) is 0 Å². The fourth-order valence-corrected chi connectivity index (χ4v) is 3.85. The van der Waals surface area contributed by atoms with Gasteiger partial charge < -0.3 is 10.6 Å². The molecule has 0 spiro atoms. The monoisotopic (exact) mass is 374 g/mol. The van der Waals surface area contributed by atoms with Crippen LogP contribution in [0.2, 0.25) is 0 Å². The Bertz CT molecular complexity index is 848. The number of rotatable bonds is 6. The minimum Gasteiger partial charge on any atom is -0.379 e. The van der Waals surface area contributed by atoms with E-state index in [1.807, 2.05) is 12.1 Å². The molecule has 0 aliphatic carbocycles. The third-order valence-corrected chi connectivity index (χ3v) is 5.02. The molecule has 2 aromatic carbocycles. The normalized spacial score (nSPS) is 10.8. The van der Waals surface area contributed by atoms with Crippen molar-refractivity contribution in [3.05, 3.63) is 81.2 Å². The molecule has 0 bridgehead atoms. The Balaban J connectivity index is 1.61. The van der Waals surface area contributed by atoms with Crippen molar-refractivity contribution in [1.29, 1.82) is 0 Å². The molecule has 28 heavy (non-hydrogen) atoms. The van der Waals surface area contributed by atoms with Gasteiger partial charge in [0.25, 0.3) is 0 Å². The zero-order valence-electron chi connectivity index (χ0n) is 17.8. The molecular weight excluding hydrogens is 344 g/mol. The molecule has 0 saturated heterocycles. The fourth-order valence-electron chi connectivity index (χ4n) is 3.85. The van der Waals surface area contributed by atoms with Gasteiger partial charge >= 0.3 is 0 Å². The first kappa shape index (κ1) is 19.9. The highest BCUT2D eigenvalue weighted by Crippen LogP contribution is 2.23. The molecule has 0 aliphatic heterocycles. The summed E-state index contributed by atoms with van der Waals surface area (Å²) < 4.78 is 0. The first-order valence-corrected chi connectivity index (χ1v) is 9.78. The van der Waals surface area contributed by atoms with Gasteiger partial charge in [0.15, 0.2) is 0 Å². The number of hydrogen-bond donors (Lipinski definition) is 2. The molecule has 0 amide bonds. The second-order valence-electron chi connectivity index (χ2n) is 7.77. The Kier molecular flexibility index (Phi) is 5.98. The van der Waals surface area contributed by atoms with E-state index in [1.165, 1.54) is 44.8 Å². The van der Waals surface area contributed by atoms with Crippen LogP contribution in [0.25, 0.3) is 0 Å². The van der Waals surface area contributed by atoms with Crippen LogP contribution in [-0.4, -0.2) is 10.2 Å². The van der Waals surface area contributed by atoms with Gasteiger partial charge in [-0.25, -0.2) is 0 Å². The Morgan fingerprint density at radius 2 is 0.893 bits per heavy atom. The molecule has 4 nitrogen and oxygen atoms in total. The third-order valence-electron chi connectivity index (χ3n) is 5.02. The first-order valence-electron chi connectivity index (χ1n) is 9.78. The highest BCUT2D eigenvalue weighted by molar-refractivity contribution is 5.59. The second-order valence-corrected chi connectivity index (χ2v) is 7.77. The SMILES string of the molecule is Cc1cc(C)c(NCc2ccc(CNc3c(C)cc(C)cc3C)nn2)c(C)c1. The number of aromatic nitrogens is 2. The summed E-state index contributed by atoms with van der Waals surface area (Å²) >= 11 is 0. The smallest absolute Gasteiger partial charge is 0.0822 e. The lowest BCUT2D eigenvalue weighted by atomic mass is 10.0. The van der Waals surface area contributed by atoms with E-state index < -0.39 is 0 Å². The van der Waals surface area contributed by atoms with Gasteiger partial charge in [0.2, 0.25) is 0 Å². The zero-order chi connectivity index (χ0) is 20.3. The standard InChI is InChI=1S/C24H30N4/c1-15-9-17(3)23(18(4)10-15)25-13-21-7-8-22(28-27-21)14-26-24-19(5)11-16(2)12-20(24)6/h7-12,25-26H,13-14H2,1-6H3. The maximum absolute atomic E-state index is 4.39. The van der Waals surface area contributed by atoms with Crippen molar-refractivity contribution in [1.82, 2.24) is 10.2 Å². The molecule has 0 atom stereocenters. The molecule has 4 heteroatoms. The summed E-state index contributed by atoms with van der Waals surface area (Å²) in [6, 6.07) is 12.9. The molecule has 3 aromatic rings. The summed E-state index contributed by atoms with van der Waals surface area (Å²) in [7, 11) is 0. The molecule has 1 aromatic heterocycles. The lowest BCUT2D eigenvalue weighted by Crippen LogP contribution is -2.09. The highest BCUT2D eigenvalue weighted by atomic mass is 15.1. The number of nitrogens with zero attached hydrogens (tertiary/aromatic N) is 2. The largest absolute Gasteiger partial charge is 0.379 e. The third kappa shape index (κ3) is 4.69. The van der Waals surface area contributed by atoms with E-state index in [2.05, 4.69) is 86.6 Å². The van der Waals surface area contributed by atoms with Crippen molar-refractivity contribution < 1.29 is 0 Å². The summed E-state index contributed by atoms with van der Waals surface area (Å²) in [4.78, 5) is 0. The minimum atomic E-state index is 0.668. The van der Waals surface area contributed by atoms with Crippen LogP contribution in [0.1, 0.15) is 44.8 Å². The van der Waals surface area contributed by atoms with Crippen LogP contribution < -0.4 is 10.6 Å². The topological polar surface area (TPSA) is 49.8 Å². The molecule has 2 N–H and O–H groups in total. The molecule has 0 saturated carbocycles. The van der Waals surface area contributed by atoms with E-state index in [0.717, 1.165) is 11.4 Å². The van der Waals surface area contributed by atoms with Gasteiger partial charge in [0.1, 0.15) is 0 Å². The zero-order valence-corrected chi connectivity index (χ0v) is 17.8. The lowest BCUT2D eigenvalue weighted by Gasteiger charge is -2.14. The summed E-state index contributed by atoms with van der Waals surface area (Å²) in [5.41, 5.74) is 11.9. The van der Waals surface area contributed by atoms with Crippen LogP contribution in [0.15, 0.2) is 36.4 Å². The van der Waals surface area contributed by atoms with Gasteiger partial charge in [-0.3, -0.25) is 0 Å². The second kappa shape index (κ2) is 8.42. The molecular formula is C24H30N4. The summed E-state index contributed by atoms with van der Waals surface area (Å²) in [5.74, 6) is 0. The van der Waals surface area contributed by atoms with Crippen LogP contribution in [0.3, 0.4) is 0 Å². The van der Waals surface area contributed by atoms with Crippen LogP contribution in [-0.2, 0) is 13.1 Å². The van der Waals surface area contributed by atoms with Crippen LogP contribution in [0.4, 0.5) is 11.4 Å². The van der Waals surface area contributed by atoms with Crippen LogP contribution in [0, 0.1) is 41.5 Å². The average Bonchev–Trinajstić information content (AvgIpc) is 2.61. The maximum atomic E-state index is 4.39. The van der Waals surface area contributed by atoms with E-state index in [-0.39, 0.29) is 0 Å². The Hall–Kier alpha value is -2.88. The quantitative estimate of drug-likeness (QED) is 0.594. The number of hydrogen-bond acceptors (Lipinski definition) is 4. The van der Waals surface area contributed by atoms with Gasteiger partial charge in [0, 0.05) is 11.4 Å². The van der Waals surface area contributed by atoms with Crippen molar-refractivity contribution in [2.45, 2.75) is 54.6 Å². The van der Waals surface area contributed by atoms with Crippen LogP contribution in [0.5, 0.6) is 0 Å². The fraction of sp³-hybridized carbons (Fsp3) is 0.333. The van der Waals surface area contributed by atoms with Crippen molar-refractivity contribution in [2.75, 3.05) is 10.6 Å². The van der Waals surface area contributed by atoms with E-state index in [4.69, 9.17) is 0 Å². The lowest BCUT2D eigenvalue weighted by molar-refractivity contribution is 0.867. The molecule has 0 aliphatic rings.